The third-order valence-electron chi connectivity index (χ3n) is 2.20. The van der Waals surface area contributed by atoms with Gasteiger partial charge in [0.05, 0.1) is 18.4 Å². The SMILES string of the molecule is CCC(C)OCc1cc(NC)ccn1. The van der Waals surface area contributed by atoms with Crippen molar-refractivity contribution in [2.75, 3.05) is 12.4 Å². The molecule has 0 fully saturated rings. The molecule has 0 spiro atoms. The zero-order valence-corrected chi connectivity index (χ0v) is 9.08. The molecule has 1 aromatic rings. The average Bonchev–Trinajstić information content (AvgIpc) is 2.26. The summed E-state index contributed by atoms with van der Waals surface area (Å²) in [6.45, 7) is 4.77. The van der Waals surface area contributed by atoms with Gasteiger partial charge in [-0.1, -0.05) is 6.92 Å². The molecule has 1 aromatic heterocycles. The monoisotopic (exact) mass is 194 g/mol. The standard InChI is InChI=1S/C11H18N2O/c1-4-9(2)14-8-11-7-10(12-3)5-6-13-11/h5-7,9H,4,8H2,1-3H3,(H,12,13). The van der Waals surface area contributed by atoms with Crippen molar-refractivity contribution in [3.63, 3.8) is 0 Å². The van der Waals surface area contributed by atoms with E-state index in [4.69, 9.17) is 4.74 Å². The molecule has 78 valence electrons. The van der Waals surface area contributed by atoms with E-state index in [9.17, 15) is 0 Å². The smallest absolute Gasteiger partial charge is 0.0892 e. The summed E-state index contributed by atoms with van der Waals surface area (Å²) in [4.78, 5) is 4.23. The molecule has 1 unspecified atom stereocenters. The van der Waals surface area contributed by atoms with Crippen molar-refractivity contribution in [1.82, 2.24) is 4.98 Å². The molecule has 0 bridgehead atoms. The zero-order valence-electron chi connectivity index (χ0n) is 9.08. The van der Waals surface area contributed by atoms with Gasteiger partial charge in [0.2, 0.25) is 0 Å². The van der Waals surface area contributed by atoms with Crippen molar-refractivity contribution in [2.24, 2.45) is 0 Å². The fourth-order valence-corrected chi connectivity index (χ4v) is 1.06. The van der Waals surface area contributed by atoms with E-state index < -0.39 is 0 Å². The molecule has 1 N–H and O–H groups in total. The molecule has 0 radical (unpaired) electrons. The van der Waals surface area contributed by atoms with Gasteiger partial charge in [0.25, 0.3) is 0 Å². The topological polar surface area (TPSA) is 34.1 Å². The largest absolute Gasteiger partial charge is 0.388 e. The fourth-order valence-electron chi connectivity index (χ4n) is 1.06. The summed E-state index contributed by atoms with van der Waals surface area (Å²) in [5.41, 5.74) is 2.04. The van der Waals surface area contributed by atoms with Crippen molar-refractivity contribution >= 4 is 5.69 Å². The molecular formula is C11H18N2O. The number of anilines is 1. The van der Waals surface area contributed by atoms with Crippen LogP contribution in [0.5, 0.6) is 0 Å². The highest BCUT2D eigenvalue weighted by Crippen LogP contribution is 2.09. The van der Waals surface area contributed by atoms with Crippen LogP contribution in [0.4, 0.5) is 5.69 Å². The van der Waals surface area contributed by atoms with Crippen LogP contribution in [0, 0.1) is 0 Å². The van der Waals surface area contributed by atoms with E-state index in [2.05, 4.69) is 24.1 Å². The van der Waals surface area contributed by atoms with E-state index in [0.717, 1.165) is 17.8 Å². The first-order chi connectivity index (χ1) is 6.76. The first-order valence-corrected chi connectivity index (χ1v) is 5.00. The minimum atomic E-state index is 0.301. The number of hydrogen-bond donors (Lipinski definition) is 1. The summed E-state index contributed by atoms with van der Waals surface area (Å²) in [6.07, 6.45) is 3.13. The minimum absolute atomic E-state index is 0.301. The van der Waals surface area contributed by atoms with E-state index in [1.807, 2.05) is 19.2 Å². The summed E-state index contributed by atoms with van der Waals surface area (Å²) in [5.74, 6) is 0. The molecule has 3 nitrogen and oxygen atoms in total. The summed E-state index contributed by atoms with van der Waals surface area (Å²) < 4.78 is 5.59. The van der Waals surface area contributed by atoms with Gasteiger partial charge in [0.1, 0.15) is 0 Å². The molecular weight excluding hydrogens is 176 g/mol. The first kappa shape index (κ1) is 11.0. The second-order valence-corrected chi connectivity index (χ2v) is 3.32. The lowest BCUT2D eigenvalue weighted by Crippen LogP contribution is -2.07. The van der Waals surface area contributed by atoms with Crippen LogP contribution in [-0.2, 0) is 11.3 Å². The summed E-state index contributed by atoms with van der Waals surface area (Å²) in [6, 6.07) is 3.94. The van der Waals surface area contributed by atoms with Crippen molar-refractivity contribution in [3.05, 3.63) is 24.0 Å². The number of nitrogens with zero attached hydrogens (tertiary/aromatic N) is 1. The lowest BCUT2D eigenvalue weighted by molar-refractivity contribution is 0.0489. The van der Waals surface area contributed by atoms with Crippen LogP contribution < -0.4 is 5.32 Å². The summed E-state index contributed by atoms with van der Waals surface area (Å²) >= 11 is 0. The highest BCUT2D eigenvalue weighted by Gasteiger charge is 2.00. The Morgan fingerprint density at radius 2 is 2.36 bits per heavy atom. The molecule has 0 amide bonds. The van der Waals surface area contributed by atoms with Crippen LogP contribution in [0.2, 0.25) is 0 Å². The van der Waals surface area contributed by atoms with Gasteiger partial charge < -0.3 is 10.1 Å². The van der Waals surface area contributed by atoms with E-state index in [1.165, 1.54) is 0 Å². The predicted molar refractivity (Wildman–Crippen MR) is 58.3 cm³/mol. The maximum atomic E-state index is 5.59. The Labute approximate surface area is 85.5 Å². The van der Waals surface area contributed by atoms with Gasteiger partial charge in [-0.3, -0.25) is 4.98 Å². The lowest BCUT2D eigenvalue weighted by Gasteiger charge is -2.10. The second kappa shape index (κ2) is 5.60. The first-order valence-electron chi connectivity index (χ1n) is 5.00. The Balaban J connectivity index is 2.50. The summed E-state index contributed by atoms with van der Waals surface area (Å²) in [5, 5.41) is 3.07. The van der Waals surface area contributed by atoms with E-state index >= 15 is 0 Å². The summed E-state index contributed by atoms with van der Waals surface area (Å²) in [7, 11) is 1.90. The molecule has 0 saturated carbocycles. The molecule has 0 aliphatic heterocycles. The van der Waals surface area contributed by atoms with Crippen LogP contribution in [0.1, 0.15) is 26.0 Å². The third kappa shape index (κ3) is 3.34. The molecule has 0 saturated heterocycles. The highest BCUT2D eigenvalue weighted by molar-refractivity contribution is 5.42. The predicted octanol–water partition coefficient (Wildman–Crippen LogP) is 2.44. The number of rotatable bonds is 5. The molecule has 0 aliphatic carbocycles. The minimum Gasteiger partial charge on any atom is -0.388 e. The van der Waals surface area contributed by atoms with Crippen LogP contribution in [-0.4, -0.2) is 18.1 Å². The Morgan fingerprint density at radius 3 is 3.00 bits per heavy atom. The van der Waals surface area contributed by atoms with Crippen LogP contribution >= 0.6 is 0 Å². The molecule has 14 heavy (non-hydrogen) atoms. The molecule has 1 rings (SSSR count). The van der Waals surface area contributed by atoms with Crippen LogP contribution in [0.25, 0.3) is 0 Å². The Morgan fingerprint density at radius 1 is 1.57 bits per heavy atom. The maximum Gasteiger partial charge on any atom is 0.0892 e. The molecule has 1 atom stereocenters. The van der Waals surface area contributed by atoms with Crippen LogP contribution in [0.15, 0.2) is 18.3 Å². The normalized spacial score (nSPS) is 12.5. The van der Waals surface area contributed by atoms with Crippen molar-refractivity contribution in [3.8, 4) is 0 Å². The molecule has 3 heteroatoms. The molecule has 0 aromatic carbocycles. The van der Waals surface area contributed by atoms with E-state index in [1.54, 1.807) is 6.20 Å². The van der Waals surface area contributed by atoms with E-state index in [-0.39, 0.29) is 0 Å². The Kier molecular flexibility index (Phi) is 4.40. The fraction of sp³-hybridized carbons (Fsp3) is 0.545. The number of aromatic nitrogens is 1. The number of ether oxygens (including phenoxy) is 1. The van der Waals surface area contributed by atoms with Gasteiger partial charge in [-0.2, -0.15) is 0 Å². The Bertz CT molecular complexity index is 276. The van der Waals surface area contributed by atoms with Crippen molar-refractivity contribution in [1.29, 1.82) is 0 Å². The molecule has 0 aliphatic rings. The lowest BCUT2D eigenvalue weighted by atomic mass is 10.3. The maximum absolute atomic E-state index is 5.59. The number of nitrogens with one attached hydrogen (secondary N) is 1. The van der Waals surface area contributed by atoms with Gasteiger partial charge in [-0.05, 0) is 25.5 Å². The van der Waals surface area contributed by atoms with E-state index in [0.29, 0.717) is 12.7 Å². The van der Waals surface area contributed by atoms with Crippen molar-refractivity contribution in [2.45, 2.75) is 33.0 Å². The van der Waals surface area contributed by atoms with Crippen molar-refractivity contribution < 1.29 is 4.74 Å². The van der Waals surface area contributed by atoms with Gasteiger partial charge >= 0.3 is 0 Å². The van der Waals surface area contributed by atoms with Gasteiger partial charge in [-0.25, -0.2) is 0 Å². The highest BCUT2D eigenvalue weighted by atomic mass is 16.5. The van der Waals surface area contributed by atoms with Gasteiger partial charge in [-0.15, -0.1) is 0 Å². The number of pyridine rings is 1. The second-order valence-electron chi connectivity index (χ2n) is 3.32. The van der Waals surface area contributed by atoms with Gasteiger partial charge in [0, 0.05) is 18.9 Å². The third-order valence-corrected chi connectivity index (χ3v) is 2.20. The Hall–Kier alpha value is -1.09. The quantitative estimate of drug-likeness (QED) is 0.781. The molecule has 1 heterocycles. The average molecular weight is 194 g/mol. The zero-order chi connectivity index (χ0) is 10.4. The van der Waals surface area contributed by atoms with Crippen LogP contribution in [0.3, 0.4) is 0 Å². The van der Waals surface area contributed by atoms with Gasteiger partial charge in [0.15, 0.2) is 0 Å². The number of hydrogen-bond acceptors (Lipinski definition) is 3.